The van der Waals surface area contributed by atoms with Crippen LogP contribution in [-0.2, 0) is 14.3 Å². The fourth-order valence-corrected chi connectivity index (χ4v) is 1.94. The van der Waals surface area contributed by atoms with E-state index in [4.69, 9.17) is 0 Å². The van der Waals surface area contributed by atoms with E-state index in [-0.39, 0.29) is 6.42 Å². The van der Waals surface area contributed by atoms with Gasteiger partial charge < -0.3 is 4.74 Å². The minimum atomic E-state index is -0.704. The lowest BCUT2D eigenvalue weighted by atomic mass is 9.86. The summed E-state index contributed by atoms with van der Waals surface area (Å²) in [6, 6.07) is 3.07. The molecule has 1 fully saturated rings. The number of carbonyl (C=O) groups excluding carboxylic acids is 2. The molecule has 1 aliphatic rings. The summed E-state index contributed by atoms with van der Waals surface area (Å²) in [4.78, 5) is 22.3. The number of hydrogen-bond donors (Lipinski definition) is 0. The molecule has 2 unspecified atom stereocenters. The molecule has 17 heavy (non-hydrogen) atoms. The molecule has 2 rings (SSSR count). The summed E-state index contributed by atoms with van der Waals surface area (Å²) >= 11 is 0. The van der Waals surface area contributed by atoms with Crippen LogP contribution < -0.4 is 0 Å². The van der Waals surface area contributed by atoms with Crippen LogP contribution >= 0.6 is 0 Å². The largest absolute Gasteiger partial charge is 0.393 e. The summed E-state index contributed by atoms with van der Waals surface area (Å²) in [7, 11) is 0. The van der Waals surface area contributed by atoms with Crippen molar-refractivity contribution in [3.63, 3.8) is 0 Å². The molecule has 0 aliphatic carbocycles. The number of hydrogen-bond acceptors (Lipinski definition) is 3. The van der Waals surface area contributed by atoms with Crippen molar-refractivity contribution in [1.29, 1.82) is 0 Å². The first-order chi connectivity index (χ1) is 7.97. The van der Waals surface area contributed by atoms with Gasteiger partial charge in [-0.1, -0.05) is 6.92 Å². The monoisotopic (exact) mass is 240 g/mol. The predicted molar refractivity (Wildman–Crippen MR) is 54.0 cm³/mol. The van der Waals surface area contributed by atoms with Gasteiger partial charge >= 0.3 is 11.9 Å². The van der Waals surface area contributed by atoms with Crippen LogP contribution in [-0.4, -0.2) is 11.9 Å². The van der Waals surface area contributed by atoms with Gasteiger partial charge in [-0.2, -0.15) is 0 Å². The highest BCUT2D eigenvalue weighted by Gasteiger charge is 2.38. The molecular weight excluding hydrogens is 230 g/mol. The van der Waals surface area contributed by atoms with Gasteiger partial charge in [0.15, 0.2) is 0 Å². The molecule has 2 atom stereocenters. The smallest absolute Gasteiger partial charge is 0.317 e. The van der Waals surface area contributed by atoms with E-state index < -0.39 is 35.4 Å². The number of carbonyl (C=O) groups is 2. The molecule has 0 bridgehead atoms. The standard InChI is InChI=1S/C12H10F2O3/c1-6(10-5-11(15)17-12(10)16)7-2-8(13)4-9(14)3-7/h2-4,6,10H,5H2,1H3. The molecule has 0 spiro atoms. The average molecular weight is 240 g/mol. The molecule has 0 amide bonds. The zero-order valence-electron chi connectivity index (χ0n) is 9.07. The fraction of sp³-hybridized carbons (Fsp3) is 0.333. The average Bonchev–Trinajstić information content (AvgIpc) is 2.55. The Labute approximate surface area is 96.4 Å². The molecule has 90 valence electrons. The molecule has 1 heterocycles. The Hall–Kier alpha value is -1.78. The summed E-state index contributed by atoms with van der Waals surface area (Å²) < 4.78 is 30.5. The van der Waals surface area contributed by atoms with E-state index in [1.165, 1.54) is 0 Å². The van der Waals surface area contributed by atoms with Gasteiger partial charge in [0.05, 0.1) is 12.3 Å². The number of esters is 2. The highest BCUT2D eigenvalue weighted by Crippen LogP contribution is 2.32. The van der Waals surface area contributed by atoms with E-state index >= 15 is 0 Å². The third kappa shape index (κ3) is 2.33. The molecular formula is C12H10F2O3. The van der Waals surface area contributed by atoms with Crippen LogP contribution in [0.4, 0.5) is 8.78 Å². The molecule has 1 aliphatic heterocycles. The molecule has 0 saturated carbocycles. The Morgan fingerprint density at radius 3 is 2.29 bits per heavy atom. The van der Waals surface area contributed by atoms with Crippen molar-refractivity contribution < 1.29 is 23.1 Å². The minimum Gasteiger partial charge on any atom is -0.393 e. The third-order valence-electron chi connectivity index (χ3n) is 2.92. The number of cyclic esters (lactones) is 2. The molecule has 1 aromatic rings. The summed E-state index contributed by atoms with van der Waals surface area (Å²) in [5.74, 6) is -3.76. The van der Waals surface area contributed by atoms with E-state index in [0.717, 1.165) is 18.2 Å². The SMILES string of the molecule is CC(c1cc(F)cc(F)c1)C1CC(=O)OC1=O. The number of halogens is 2. The highest BCUT2D eigenvalue weighted by molar-refractivity contribution is 5.95. The van der Waals surface area contributed by atoms with Crippen LogP contribution in [0.1, 0.15) is 24.8 Å². The first-order valence-corrected chi connectivity index (χ1v) is 5.18. The van der Waals surface area contributed by atoms with E-state index in [9.17, 15) is 18.4 Å². The van der Waals surface area contributed by atoms with Crippen LogP contribution in [0.2, 0.25) is 0 Å². The van der Waals surface area contributed by atoms with E-state index in [1.807, 2.05) is 0 Å². The molecule has 1 aromatic carbocycles. The second-order valence-electron chi connectivity index (χ2n) is 4.10. The second kappa shape index (κ2) is 4.24. The van der Waals surface area contributed by atoms with Gasteiger partial charge in [-0.05, 0) is 23.6 Å². The van der Waals surface area contributed by atoms with Gasteiger partial charge in [0.2, 0.25) is 0 Å². The van der Waals surface area contributed by atoms with Gasteiger partial charge in [0.1, 0.15) is 11.6 Å². The molecule has 1 saturated heterocycles. The number of ether oxygens (including phenoxy) is 1. The van der Waals surface area contributed by atoms with Gasteiger partial charge in [0.25, 0.3) is 0 Å². The molecule has 0 N–H and O–H groups in total. The molecule has 3 nitrogen and oxygen atoms in total. The lowest BCUT2D eigenvalue weighted by Gasteiger charge is -2.15. The van der Waals surface area contributed by atoms with E-state index in [0.29, 0.717) is 5.56 Å². The van der Waals surface area contributed by atoms with Crippen molar-refractivity contribution in [2.45, 2.75) is 19.3 Å². The fourth-order valence-electron chi connectivity index (χ4n) is 1.94. The maximum absolute atomic E-state index is 13.0. The van der Waals surface area contributed by atoms with Crippen LogP contribution in [0.15, 0.2) is 18.2 Å². The second-order valence-corrected chi connectivity index (χ2v) is 4.10. The highest BCUT2D eigenvalue weighted by atomic mass is 19.1. The maximum Gasteiger partial charge on any atom is 0.317 e. The first kappa shape index (κ1) is 11.7. The van der Waals surface area contributed by atoms with Crippen molar-refractivity contribution in [1.82, 2.24) is 0 Å². The van der Waals surface area contributed by atoms with Crippen molar-refractivity contribution in [3.8, 4) is 0 Å². The lowest BCUT2D eigenvalue weighted by Crippen LogP contribution is -2.15. The van der Waals surface area contributed by atoms with Crippen LogP contribution in [0, 0.1) is 17.6 Å². The zero-order valence-corrected chi connectivity index (χ0v) is 9.07. The minimum absolute atomic E-state index is 0.0435. The van der Waals surface area contributed by atoms with Crippen molar-refractivity contribution in [2.75, 3.05) is 0 Å². The van der Waals surface area contributed by atoms with Gasteiger partial charge in [0, 0.05) is 6.07 Å². The Morgan fingerprint density at radius 1 is 1.24 bits per heavy atom. The van der Waals surface area contributed by atoms with Crippen molar-refractivity contribution in [3.05, 3.63) is 35.4 Å². The Morgan fingerprint density at radius 2 is 1.82 bits per heavy atom. The summed E-state index contributed by atoms with van der Waals surface area (Å²) in [6.45, 7) is 1.64. The quantitative estimate of drug-likeness (QED) is 0.587. The molecule has 5 heteroatoms. The molecule has 0 radical (unpaired) electrons. The molecule has 0 aromatic heterocycles. The van der Waals surface area contributed by atoms with Crippen LogP contribution in [0.3, 0.4) is 0 Å². The van der Waals surface area contributed by atoms with Crippen LogP contribution in [0.5, 0.6) is 0 Å². The van der Waals surface area contributed by atoms with Crippen molar-refractivity contribution in [2.24, 2.45) is 5.92 Å². The Balaban J connectivity index is 2.27. The third-order valence-corrected chi connectivity index (χ3v) is 2.92. The lowest BCUT2D eigenvalue weighted by molar-refractivity contribution is -0.153. The summed E-state index contributed by atoms with van der Waals surface area (Å²) in [5, 5.41) is 0. The Kier molecular flexibility index (Phi) is 2.92. The van der Waals surface area contributed by atoms with E-state index in [1.54, 1.807) is 6.92 Å². The summed E-state index contributed by atoms with van der Waals surface area (Å²) in [6.07, 6.45) is -0.0435. The predicted octanol–water partition coefficient (Wildman–Crippen LogP) is 2.16. The van der Waals surface area contributed by atoms with Crippen molar-refractivity contribution >= 4 is 11.9 Å². The summed E-state index contributed by atoms with van der Waals surface area (Å²) in [5.41, 5.74) is 0.346. The van der Waals surface area contributed by atoms with Crippen LogP contribution in [0.25, 0.3) is 0 Å². The first-order valence-electron chi connectivity index (χ1n) is 5.18. The zero-order chi connectivity index (χ0) is 12.6. The topological polar surface area (TPSA) is 43.4 Å². The Bertz CT molecular complexity index is 464. The normalized spacial score (nSPS) is 21.5. The number of rotatable bonds is 2. The number of benzene rings is 1. The van der Waals surface area contributed by atoms with Gasteiger partial charge in [-0.3, -0.25) is 9.59 Å². The maximum atomic E-state index is 13.0. The van der Waals surface area contributed by atoms with Gasteiger partial charge in [-0.25, -0.2) is 8.78 Å². The van der Waals surface area contributed by atoms with E-state index in [2.05, 4.69) is 4.74 Å². The van der Waals surface area contributed by atoms with Gasteiger partial charge in [-0.15, -0.1) is 0 Å².